The topological polar surface area (TPSA) is 114 Å². The van der Waals surface area contributed by atoms with Crippen molar-refractivity contribution < 1.29 is 42.8 Å². The van der Waals surface area contributed by atoms with Gasteiger partial charge in [0.05, 0.1) is 0 Å². The second-order valence-corrected chi connectivity index (χ2v) is 4.97. The average molecular weight is 330 g/mol. The van der Waals surface area contributed by atoms with Gasteiger partial charge in [0.1, 0.15) is 18.7 Å². The van der Waals surface area contributed by atoms with Crippen LogP contribution in [0.2, 0.25) is 0 Å². The van der Waals surface area contributed by atoms with Crippen LogP contribution in [0, 0.1) is 0 Å². The number of carbonyl (C=O) groups is 4. The van der Waals surface area contributed by atoms with Gasteiger partial charge in [0.2, 0.25) is 0 Å². The molecule has 0 radical (unpaired) electrons. The maximum absolute atomic E-state index is 11.3. The van der Waals surface area contributed by atoms with E-state index in [9.17, 15) is 19.2 Å². The fourth-order valence-electron chi connectivity index (χ4n) is 2.16. The van der Waals surface area contributed by atoms with Crippen LogP contribution in [0.25, 0.3) is 0 Å². The van der Waals surface area contributed by atoms with Gasteiger partial charge in [-0.15, -0.1) is 0 Å². The molecule has 0 aromatic carbocycles. The van der Waals surface area contributed by atoms with Crippen molar-refractivity contribution in [2.75, 3.05) is 6.61 Å². The van der Waals surface area contributed by atoms with E-state index in [4.69, 9.17) is 23.6 Å². The SMILES string of the molecule is CC(=O)OCC1OBC(OC(C)=O)C(OC(C)=O)C1OC(C)=O. The Hall–Kier alpha value is -2.10. The number of hydrogen-bond acceptors (Lipinski definition) is 9. The van der Waals surface area contributed by atoms with Crippen LogP contribution in [0.3, 0.4) is 0 Å². The highest BCUT2D eigenvalue weighted by Crippen LogP contribution is 2.23. The third kappa shape index (κ3) is 6.27. The van der Waals surface area contributed by atoms with Gasteiger partial charge in [0.25, 0.3) is 0 Å². The molecule has 1 rings (SSSR count). The zero-order valence-electron chi connectivity index (χ0n) is 13.4. The van der Waals surface area contributed by atoms with E-state index in [1.807, 2.05) is 0 Å². The molecule has 0 saturated carbocycles. The Bertz CT molecular complexity index is 478. The largest absolute Gasteiger partial charge is 0.464 e. The van der Waals surface area contributed by atoms with Crippen molar-refractivity contribution in [1.82, 2.24) is 0 Å². The summed E-state index contributed by atoms with van der Waals surface area (Å²) in [4.78, 5) is 44.8. The predicted molar refractivity (Wildman–Crippen MR) is 75.3 cm³/mol. The number of carbonyl (C=O) groups excluding carboxylic acids is 4. The molecule has 0 aromatic heterocycles. The summed E-state index contributed by atoms with van der Waals surface area (Å²) in [6.45, 7) is 4.55. The molecule has 1 saturated heterocycles. The van der Waals surface area contributed by atoms with Crippen molar-refractivity contribution in [2.45, 2.75) is 52.0 Å². The molecule has 0 bridgehead atoms. The number of esters is 4. The van der Waals surface area contributed by atoms with Gasteiger partial charge in [-0.25, -0.2) is 0 Å². The van der Waals surface area contributed by atoms with Crippen LogP contribution in [-0.4, -0.2) is 62.3 Å². The zero-order valence-corrected chi connectivity index (χ0v) is 13.4. The van der Waals surface area contributed by atoms with Crippen molar-refractivity contribution in [3.8, 4) is 0 Å². The smallest absolute Gasteiger partial charge is 0.324 e. The van der Waals surface area contributed by atoms with Gasteiger partial charge in [-0.2, -0.15) is 0 Å². The fourth-order valence-corrected chi connectivity index (χ4v) is 2.16. The van der Waals surface area contributed by atoms with E-state index in [0.717, 1.165) is 0 Å². The van der Waals surface area contributed by atoms with Crippen LogP contribution < -0.4 is 0 Å². The fraction of sp³-hybridized carbons (Fsp3) is 0.692. The number of hydrogen-bond donors (Lipinski definition) is 0. The van der Waals surface area contributed by atoms with Gasteiger partial charge in [0.15, 0.2) is 12.2 Å². The quantitative estimate of drug-likeness (QED) is 0.357. The summed E-state index contributed by atoms with van der Waals surface area (Å²) >= 11 is 0. The molecule has 0 spiro atoms. The molecule has 23 heavy (non-hydrogen) atoms. The van der Waals surface area contributed by atoms with Crippen LogP contribution in [0.15, 0.2) is 0 Å². The van der Waals surface area contributed by atoms with E-state index in [-0.39, 0.29) is 14.1 Å². The molecule has 1 aliphatic rings. The average Bonchev–Trinajstić information content (AvgIpc) is 2.39. The van der Waals surface area contributed by atoms with E-state index in [0.29, 0.717) is 0 Å². The number of ether oxygens (including phenoxy) is 4. The molecular weight excluding hydrogens is 311 g/mol. The van der Waals surface area contributed by atoms with Gasteiger partial charge in [0, 0.05) is 27.7 Å². The van der Waals surface area contributed by atoms with Gasteiger partial charge < -0.3 is 23.6 Å². The van der Waals surface area contributed by atoms with Crippen LogP contribution >= 0.6 is 0 Å². The first-order valence-corrected chi connectivity index (χ1v) is 6.97. The molecule has 4 atom stereocenters. The van der Waals surface area contributed by atoms with Crippen LogP contribution in [-0.2, 0) is 42.8 Å². The summed E-state index contributed by atoms with van der Waals surface area (Å²) < 4.78 is 25.6. The normalized spacial score (nSPS) is 26.4. The van der Waals surface area contributed by atoms with Crippen molar-refractivity contribution in [2.24, 2.45) is 0 Å². The maximum atomic E-state index is 11.3. The van der Waals surface area contributed by atoms with Crippen molar-refractivity contribution in [1.29, 1.82) is 0 Å². The zero-order chi connectivity index (χ0) is 17.6. The summed E-state index contributed by atoms with van der Waals surface area (Å²) in [5.74, 6) is -2.43. The Morgan fingerprint density at radius 2 is 1.35 bits per heavy atom. The standard InChI is InChI=1S/C13H19BO9/c1-6(15)19-5-10-11(20-7(2)16)12(21-8(3)17)13(14-23-10)22-9(4)18/h10-14H,5H2,1-4H3. The van der Waals surface area contributed by atoms with Crippen LogP contribution in [0.1, 0.15) is 27.7 Å². The minimum atomic E-state index is -1.08. The molecule has 4 unspecified atom stereocenters. The molecule has 0 aromatic rings. The minimum Gasteiger partial charge on any atom is -0.464 e. The second-order valence-electron chi connectivity index (χ2n) is 4.97. The lowest BCUT2D eigenvalue weighted by Gasteiger charge is -2.39. The van der Waals surface area contributed by atoms with E-state index in [1.54, 1.807) is 0 Å². The molecule has 9 nitrogen and oxygen atoms in total. The van der Waals surface area contributed by atoms with Crippen molar-refractivity contribution in [3.05, 3.63) is 0 Å². The maximum Gasteiger partial charge on any atom is 0.324 e. The predicted octanol–water partition coefficient (Wildman–Crippen LogP) is -0.948. The molecule has 0 N–H and O–H groups in total. The molecule has 0 aliphatic carbocycles. The highest BCUT2D eigenvalue weighted by atomic mass is 16.6. The highest BCUT2D eigenvalue weighted by Gasteiger charge is 2.47. The van der Waals surface area contributed by atoms with E-state index in [2.05, 4.69) is 0 Å². The lowest BCUT2D eigenvalue weighted by molar-refractivity contribution is -0.195. The van der Waals surface area contributed by atoms with Crippen LogP contribution in [0.4, 0.5) is 0 Å². The summed E-state index contributed by atoms with van der Waals surface area (Å²) in [7, 11) is -0.0960. The monoisotopic (exact) mass is 330 g/mol. The Morgan fingerprint density at radius 1 is 0.826 bits per heavy atom. The van der Waals surface area contributed by atoms with Gasteiger partial charge in [-0.1, -0.05) is 0 Å². The summed E-state index contributed by atoms with van der Waals surface area (Å²) in [5.41, 5.74) is 0. The Kier molecular flexibility index (Phi) is 7.02. The minimum absolute atomic E-state index is 0.0960. The third-order valence-corrected chi connectivity index (χ3v) is 2.90. The Morgan fingerprint density at radius 3 is 1.83 bits per heavy atom. The highest BCUT2D eigenvalue weighted by molar-refractivity contribution is 6.30. The Balaban J connectivity index is 2.98. The first-order valence-electron chi connectivity index (χ1n) is 6.97. The second kappa shape index (κ2) is 8.51. The van der Waals surface area contributed by atoms with Crippen molar-refractivity contribution in [3.63, 3.8) is 0 Å². The summed E-state index contributed by atoms with van der Waals surface area (Å²) in [6, 6.07) is -0.936. The molecule has 1 fully saturated rings. The summed E-state index contributed by atoms with van der Waals surface area (Å²) in [5, 5.41) is 0. The molecule has 1 aliphatic heterocycles. The van der Waals surface area contributed by atoms with Gasteiger partial charge in [-0.3, -0.25) is 19.2 Å². The molecule has 128 valence electrons. The first-order chi connectivity index (χ1) is 10.7. The molecular formula is C13H19BO9. The van der Waals surface area contributed by atoms with Crippen molar-refractivity contribution >= 4 is 31.4 Å². The molecule has 0 amide bonds. The lowest BCUT2D eigenvalue weighted by Crippen LogP contribution is -2.59. The first kappa shape index (κ1) is 19.0. The lowest BCUT2D eigenvalue weighted by atomic mass is 9.78. The van der Waals surface area contributed by atoms with E-state index < -0.39 is 48.2 Å². The van der Waals surface area contributed by atoms with Crippen LogP contribution in [0.5, 0.6) is 0 Å². The van der Waals surface area contributed by atoms with E-state index in [1.165, 1.54) is 27.7 Å². The molecule has 10 heteroatoms. The molecule has 1 heterocycles. The van der Waals surface area contributed by atoms with E-state index >= 15 is 0 Å². The summed E-state index contributed by atoms with van der Waals surface area (Å²) in [6.07, 6.45) is -2.98. The van der Waals surface area contributed by atoms with Gasteiger partial charge >= 0.3 is 31.4 Å². The Labute approximate surface area is 133 Å². The number of rotatable bonds is 5. The van der Waals surface area contributed by atoms with Gasteiger partial charge in [-0.05, 0) is 0 Å². The third-order valence-electron chi connectivity index (χ3n) is 2.90.